The Labute approximate surface area is 209 Å². The number of ether oxygens (including phenoxy) is 2. The standard InChI is InChI=1S/C25H21IN2O6/c26-13-23(24(29)33-14-16-9-11-17(12-10-16)28(31)32)27-25(30)34-15-22-20-7-3-1-5-18(20)19-6-2-4-8-21(19)22/h1-12,22-23H,13-15H2,(H,27,30)/t23-/m0/s1. The van der Waals surface area contributed by atoms with Crippen LogP contribution in [0.1, 0.15) is 22.6 Å². The number of non-ortho nitro benzene ring substituents is 1. The maximum Gasteiger partial charge on any atom is 0.407 e. The van der Waals surface area contributed by atoms with Crippen molar-refractivity contribution in [2.24, 2.45) is 0 Å². The van der Waals surface area contributed by atoms with Crippen molar-refractivity contribution < 1.29 is 24.0 Å². The van der Waals surface area contributed by atoms with Crippen LogP contribution in [0.5, 0.6) is 0 Å². The van der Waals surface area contributed by atoms with Crippen LogP contribution < -0.4 is 5.32 Å². The molecule has 0 spiro atoms. The van der Waals surface area contributed by atoms with Gasteiger partial charge in [-0.1, -0.05) is 71.1 Å². The minimum absolute atomic E-state index is 0.0443. The van der Waals surface area contributed by atoms with Gasteiger partial charge in [0.1, 0.15) is 19.3 Å². The van der Waals surface area contributed by atoms with Gasteiger partial charge in [-0.25, -0.2) is 9.59 Å². The van der Waals surface area contributed by atoms with Gasteiger partial charge in [-0.05, 0) is 39.9 Å². The average Bonchev–Trinajstić information content (AvgIpc) is 3.18. The topological polar surface area (TPSA) is 108 Å². The van der Waals surface area contributed by atoms with Crippen molar-refractivity contribution in [2.75, 3.05) is 11.0 Å². The number of nitrogens with one attached hydrogen (secondary N) is 1. The van der Waals surface area contributed by atoms with Crippen molar-refractivity contribution in [3.63, 3.8) is 0 Å². The summed E-state index contributed by atoms with van der Waals surface area (Å²) in [6, 6.07) is 20.9. The van der Waals surface area contributed by atoms with E-state index in [4.69, 9.17) is 9.47 Å². The van der Waals surface area contributed by atoms with E-state index >= 15 is 0 Å². The van der Waals surface area contributed by atoms with Gasteiger partial charge < -0.3 is 14.8 Å². The number of hydrogen-bond donors (Lipinski definition) is 1. The van der Waals surface area contributed by atoms with Gasteiger partial charge in [-0.2, -0.15) is 0 Å². The number of fused-ring (bicyclic) bond motifs is 3. The monoisotopic (exact) mass is 572 g/mol. The van der Waals surface area contributed by atoms with Crippen LogP contribution in [0.15, 0.2) is 72.8 Å². The first-order chi connectivity index (χ1) is 16.5. The SMILES string of the molecule is O=C(N[C@@H](CI)C(=O)OCc1ccc([N+](=O)[O-])cc1)OCC1c2ccccc2-c2ccccc21. The maximum absolute atomic E-state index is 12.5. The van der Waals surface area contributed by atoms with Gasteiger partial charge in [0, 0.05) is 22.5 Å². The molecule has 3 aromatic rings. The highest BCUT2D eigenvalue weighted by atomic mass is 127. The summed E-state index contributed by atoms with van der Waals surface area (Å²) >= 11 is 1.99. The fourth-order valence-electron chi connectivity index (χ4n) is 3.91. The van der Waals surface area contributed by atoms with Crippen molar-refractivity contribution in [1.82, 2.24) is 5.32 Å². The molecule has 0 aromatic heterocycles. The number of nitro benzene ring substituents is 1. The molecular weight excluding hydrogens is 551 g/mol. The van der Waals surface area contributed by atoms with Gasteiger partial charge >= 0.3 is 12.1 Å². The van der Waals surface area contributed by atoms with Crippen molar-refractivity contribution in [1.29, 1.82) is 0 Å². The molecule has 0 fully saturated rings. The Morgan fingerprint density at radius 2 is 1.53 bits per heavy atom. The molecule has 0 saturated carbocycles. The Morgan fingerprint density at radius 1 is 0.941 bits per heavy atom. The number of nitro groups is 1. The van der Waals surface area contributed by atoms with Crippen LogP contribution in [-0.4, -0.2) is 34.1 Å². The second kappa shape index (κ2) is 10.6. The van der Waals surface area contributed by atoms with E-state index in [9.17, 15) is 19.7 Å². The quantitative estimate of drug-likeness (QED) is 0.134. The van der Waals surface area contributed by atoms with E-state index in [1.54, 1.807) is 0 Å². The molecule has 1 aliphatic rings. The normalized spacial score (nSPS) is 12.9. The highest BCUT2D eigenvalue weighted by molar-refractivity contribution is 14.1. The number of hydrogen-bond acceptors (Lipinski definition) is 6. The molecule has 1 atom stereocenters. The number of halogens is 1. The van der Waals surface area contributed by atoms with Crippen molar-refractivity contribution >= 4 is 40.3 Å². The van der Waals surface area contributed by atoms with Gasteiger partial charge in [0.15, 0.2) is 0 Å². The summed E-state index contributed by atoms with van der Waals surface area (Å²) in [7, 11) is 0. The largest absolute Gasteiger partial charge is 0.459 e. The van der Waals surface area contributed by atoms with E-state index in [-0.39, 0.29) is 24.8 Å². The molecule has 4 rings (SSSR count). The molecule has 9 heteroatoms. The van der Waals surface area contributed by atoms with Crippen LogP contribution >= 0.6 is 22.6 Å². The van der Waals surface area contributed by atoms with Crippen molar-refractivity contribution in [2.45, 2.75) is 18.6 Å². The lowest BCUT2D eigenvalue weighted by molar-refractivity contribution is -0.384. The number of alkyl carbamates (subject to hydrolysis) is 1. The van der Waals surface area contributed by atoms with E-state index < -0.39 is 23.0 Å². The summed E-state index contributed by atoms with van der Waals surface area (Å²) in [4.78, 5) is 35.1. The molecule has 0 aliphatic heterocycles. The molecule has 0 heterocycles. The summed E-state index contributed by atoms with van der Waals surface area (Å²) in [5.74, 6) is -0.688. The molecule has 1 amide bonds. The Hall–Kier alpha value is -3.47. The van der Waals surface area contributed by atoms with E-state index in [2.05, 4.69) is 17.4 Å². The molecular formula is C25H21IN2O6. The Morgan fingerprint density at radius 3 is 2.09 bits per heavy atom. The Bertz CT molecular complexity index is 1170. The van der Waals surface area contributed by atoms with Crippen LogP contribution in [0.4, 0.5) is 10.5 Å². The number of carbonyl (C=O) groups is 2. The van der Waals surface area contributed by atoms with E-state index in [1.807, 2.05) is 59.0 Å². The molecule has 0 saturated heterocycles. The summed E-state index contributed by atoms with van der Waals surface area (Å²) in [6.07, 6.45) is -0.698. The summed E-state index contributed by atoms with van der Waals surface area (Å²) in [5, 5.41) is 13.3. The van der Waals surface area contributed by atoms with Crippen LogP contribution in [0.2, 0.25) is 0 Å². The number of amides is 1. The fourth-order valence-corrected chi connectivity index (χ4v) is 4.49. The van der Waals surface area contributed by atoms with Gasteiger partial charge in [0.2, 0.25) is 0 Å². The number of rotatable bonds is 8. The zero-order chi connectivity index (χ0) is 24.1. The molecule has 0 radical (unpaired) electrons. The minimum atomic E-state index is -0.880. The lowest BCUT2D eigenvalue weighted by Crippen LogP contribution is -2.43. The molecule has 34 heavy (non-hydrogen) atoms. The first-order valence-electron chi connectivity index (χ1n) is 10.6. The average molecular weight is 572 g/mol. The zero-order valence-electron chi connectivity index (χ0n) is 18.0. The first kappa shape index (κ1) is 23.7. The second-order valence-corrected chi connectivity index (χ2v) is 8.59. The molecule has 8 nitrogen and oxygen atoms in total. The van der Waals surface area contributed by atoms with E-state index in [0.29, 0.717) is 9.99 Å². The Balaban J connectivity index is 1.32. The van der Waals surface area contributed by atoms with E-state index in [0.717, 1.165) is 22.3 Å². The molecule has 0 unspecified atom stereocenters. The number of carbonyl (C=O) groups excluding carboxylic acids is 2. The smallest absolute Gasteiger partial charge is 0.407 e. The third kappa shape index (κ3) is 5.19. The lowest BCUT2D eigenvalue weighted by atomic mass is 9.98. The van der Waals surface area contributed by atoms with Gasteiger partial charge in [0.25, 0.3) is 5.69 Å². The zero-order valence-corrected chi connectivity index (χ0v) is 20.1. The van der Waals surface area contributed by atoms with Gasteiger partial charge in [0.05, 0.1) is 4.92 Å². The summed E-state index contributed by atoms with van der Waals surface area (Å²) in [6.45, 7) is 0.0853. The van der Waals surface area contributed by atoms with Crippen LogP contribution in [0.3, 0.4) is 0 Å². The van der Waals surface area contributed by atoms with Crippen LogP contribution in [-0.2, 0) is 20.9 Å². The number of nitrogens with zero attached hydrogens (tertiary/aromatic N) is 1. The van der Waals surface area contributed by atoms with Gasteiger partial charge in [-0.15, -0.1) is 0 Å². The van der Waals surface area contributed by atoms with Crippen LogP contribution in [0.25, 0.3) is 11.1 Å². The molecule has 1 N–H and O–H groups in total. The predicted octanol–water partition coefficient (Wildman–Crippen LogP) is 4.98. The third-order valence-electron chi connectivity index (χ3n) is 5.60. The van der Waals surface area contributed by atoms with Crippen LogP contribution in [0, 0.1) is 10.1 Å². The third-order valence-corrected chi connectivity index (χ3v) is 6.48. The first-order valence-corrected chi connectivity index (χ1v) is 12.1. The van der Waals surface area contributed by atoms with Crippen molar-refractivity contribution in [3.8, 4) is 11.1 Å². The highest BCUT2D eigenvalue weighted by Gasteiger charge is 2.29. The Kier molecular flexibility index (Phi) is 7.41. The summed E-state index contributed by atoms with van der Waals surface area (Å²) < 4.78 is 11.1. The molecule has 1 aliphatic carbocycles. The lowest BCUT2D eigenvalue weighted by Gasteiger charge is -2.18. The number of benzene rings is 3. The number of alkyl halides is 1. The molecule has 3 aromatic carbocycles. The number of esters is 1. The van der Waals surface area contributed by atoms with E-state index in [1.165, 1.54) is 24.3 Å². The fraction of sp³-hybridized carbons (Fsp3) is 0.200. The minimum Gasteiger partial charge on any atom is -0.459 e. The van der Waals surface area contributed by atoms with Gasteiger partial charge in [-0.3, -0.25) is 10.1 Å². The second-order valence-electron chi connectivity index (χ2n) is 7.71. The molecule has 174 valence electrons. The maximum atomic E-state index is 12.5. The highest BCUT2D eigenvalue weighted by Crippen LogP contribution is 2.44. The predicted molar refractivity (Wildman–Crippen MR) is 134 cm³/mol. The summed E-state index contributed by atoms with van der Waals surface area (Å²) in [5.41, 5.74) is 5.03. The van der Waals surface area contributed by atoms with Crippen molar-refractivity contribution in [3.05, 3.63) is 99.6 Å². The molecule has 0 bridgehead atoms.